The molecular formula is C10H19F3N2O2. The summed E-state index contributed by atoms with van der Waals surface area (Å²) in [6.07, 6.45) is -4.33. The van der Waals surface area contributed by atoms with Gasteiger partial charge in [-0.2, -0.15) is 13.2 Å². The highest BCUT2D eigenvalue weighted by Crippen LogP contribution is 2.19. The monoisotopic (exact) mass is 256 g/mol. The van der Waals surface area contributed by atoms with Gasteiger partial charge in [-0.15, -0.1) is 0 Å². The fourth-order valence-electron chi connectivity index (χ4n) is 1.25. The predicted octanol–water partition coefficient (Wildman–Crippen LogP) is 1.45. The van der Waals surface area contributed by atoms with Crippen molar-refractivity contribution in [1.82, 2.24) is 4.90 Å². The Morgan fingerprint density at radius 1 is 1.29 bits per heavy atom. The minimum Gasteiger partial charge on any atom is -0.480 e. The van der Waals surface area contributed by atoms with Crippen LogP contribution in [0.25, 0.3) is 0 Å². The van der Waals surface area contributed by atoms with Gasteiger partial charge < -0.3 is 15.7 Å². The average molecular weight is 256 g/mol. The van der Waals surface area contributed by atoms with Crippen molar-refractivity contribution < 1.29 is 23.1 Å². The van der Waals surface area contributed by atoms with Crippen LogP contribution in [0.15, 0.2) is 0 Å². The Balaban J connectivity index is 3.79. The summed E-state index contributed by atoms with van der Waals surface area (Å²) in [5.74, 6) is -1.10. The smallest absolute Gasteiger partial charge is 0.390 e. The lowest BCUT2D eigenvalue weighted by Gasteiger charge is -2.22. The predicted molar refractivity (Wildman–Crippen MR) is 57.6 cm³/mol. The zero-order chi connectivity index (χ0) is 13.7. The third-order valence-electron chi connectivity index (χ3n) is 2.50. The minimum atomic E-state index is -4.16. The van der Waals surface area contributed by atoms with Crippen molar-refractivity contribution >= 4 is 5.97 Å². The number of hydrogen-bond acceptors (Lipinski definition) is 3. The molecule has 17 heavy (non-hydrogen) atoms. The second kappa shape index (κ2) is 6.20. The Hall–Kier alpha value is -0.820. The highest BCUT2D eigenvalue weighted by atomic mass is 19.4. The van der Waals surface area contributed by atoms with Gasteiger partial charge in [0.25, 0.3) is 0 Å². The van der Waals surface area contributed by atoms with E-state index in [-0.39, 0.29) is 13.0 Å². The molecule has 0 aliphatic carbocycles. The van der Waals surface area contributed by atoms with Crippen LogP contribution in [0.3, 0.4) is 0 Å². The first-order chi connectivity index (χ1) is 7.54. The van der Waals surface area contributed by atoms with E-state index in [1.54, 1.807) is 7.05 Å². The maximum atomic E-state index is 11.9. The molecule has 0 saturated carbocycles. The van der Waals surface area contributed by atoms with Gasteiger partial charge in [0.05, 0.1) is 6.42 Å². The van der Waals surface area contributed by atoms with Crippen molar-refractivity contribution in [3.05, 3.63) is 0 Å². The molecule has 102 valence electrons. The van der Waals surface area contributed by atoms with Crippen LogP contribution in [0, 0.1) is 0 Å². The van der Waals surface area contributed by atoms with E-state index in [2.05, 4.69) is 0 Å². The second-order valence-electron chi connectivity index (χ2n) is 4.49. The standard InChI is InChI=1S/C10H19F3N2O2/c1-9(14,8(16)17)4-3-6-15(2)7-5-10(11,12)13/h3-7,14H2,1-2H3,(H,16,17). The van der Waals surface area contributed by atoms with Crippen LogP contribution in [0.5, 0.6) is 0 Å². The summed E-state index contributed by atoms with van der Waals surface area (Å²) in [5, 5.41) is 8.73. The lowest BCUT2D eigenvalue weighted by atomic mass is 9.97. The molecule has 3 N–H and O–H groups in total. The molecule has 0 aliphatic rings. The van der Waals surface area contributed by atoms with E-state index in [4.69, 9.17) is 10.8 Å². The fraction of sp³-hybridized carbons (Fsp3) is 0.900. The number of alkyl halides is 3. The molecule has 0 amide bonds. The van der Waals surface area contributed by atoms with Crippen molar-refractivity contribution in [2.75, 3.05) is 20.1 Å². The largest absolute Gasteiger partial charge is 0.480 e. The summed E-state index contributed by atoms with van der Waals surface area (Å²) in [6.45, 7) is 1.71. The maximum absolute atomic E-state index is 11.9. The molecule has 0 spiro atoms. The Kier molecular flexibility index (Phi) is 5.91. The molecule has 0 aromatic carbocycles. The van der Waals surface area contributed by atoms with Crippen LogP contribution in [0.1, 0.15) is 26.2 Å². The van der Waals surface area contributed by atoms with Crippen LogP contribution in [-0.4, -0.2) is 47.8 Å². The first kappa shape index (κ1) is 16.2. The van der Waals surface area contributed by atoms with Gasteiger partial charge in [-0.3, -0.25) is 4.79 Å². The summed E-state index contributed by atoms with van der Waals surface area (Å²) in [5.41, 5.74) is 4.18. The fourth-order valence-corrected chi connectivity index (χ4v) is 1.25. The summed E-state index contributed by atoms with van der Waals surface area (Å²) in [7, 11) is 1.57. The molecule has 0 heterocycles. The third kappa shape index (κ3) is 7.98. The molecule has 1 atom stereocenters. The number of carbonyl (C=O) groups is 1. The summed E-state index contributed by atoms with van der Waals surface area (Å²) in [4.78, 5) is 12.2. The van der Waals surface area contributed by atoms with E-state index in [0.717, 1.165) is 0 Å². The number of aliphatic carboxylic acids is 1. The molecule has 7 heteroatoms. The van der Waals surface area contributed by atoms with Gasteiger partial charge in [-0.1, -0.05) is 0 Å². The molecule has 0 rings (SSSR count). The lowest BCUT2D eigenvalue weighted by Crippen LogP contribution is -2.45. The summed E-state index contributed by atoms with van der Waals surface area (Å²) >= 11 is 0. The Bertz CT molecular complexity index is 254. The van der Waals surface area contributed by atoms with Gasteiger partial charge in [0.1, 0.15) is 5.54 Å². The molecule has 0 aromatic rings. The van der Waals surface area contributed by atoms with E-state index in [1.807, 2.05) is 0 Å². The molecule has 1 unspecified atom stereocenters. The number of hydrogen-bond donors (Lipinski definition) is 2. The van der Waals surface area contributed by atoms with Gasteiger partial charge in [-0.05, 0) is 33.4 Å². The van der Waals surface area contributed by atoms with E-state index < -0.39 is 24.1 Å². The van der Waals surface area contributed by atoms with Gasteiger partial charge in [0.15, 0.2) is 0 Å². The average Bonchev–Trinajstić information content (AvgIpc) is 2.13. The Morgan fingerprint density at radius 3 is 2.24 bits per heavy atom. The highest BCUT2D eigenvalue weighted by molar-refractivity contribution is 5.77. The lowest BCUT2D eigenvalue weighted by molar-refractivity contribution is -0.142. The molecule has 0 fully saturated rings. The molecule has 0 radical (unpaired) electrons. The van der Waals surface area contributed by atoms with Crippen molar-refractivity contribution in [2.45, 2.75) is 37.9 Å². The van der Waals surface area contributed by atoms with Crippen LogP contribution in [0.4, 0.5) is 13.2 Å². The molecular weight excluding hydrogens is 237 g/mol. The van der Waals surface area contributed by atoms with Crippen LogP contribution in [0.2, 0.25) is 0 Å². The first-order valence-electron chi connectivity index (χ1n) is 5.32. The Labute approximate surface area is 98.6 Å². The van der Waals surface area contributed by atoms with Crippen LogP contribution < -0.4 is 5.73 Å². The molecule has 0 bridgehead atoms. The second-order valence-corrected chi connectivity index (χ2v) is 4.49. The normalized spacial score (nSPS) is 15.9. The molecule has 4 nitrogen and oxygen atoms in total. The number of rotatable bonds is 7. The quantitative estimate of drug-likeness (QED) is 0.723. The number of nitrogens with two attached hydrogens (primary N) is 1. The summed E-state index contributed by atoms with van der Waals surface area (Å²) < 4.78 is 35.7. The van der Waals surface area contributed by atoms with Crippen molar-refractivity contribution in [3.63, 3.8) is 0 Å². The Morgan fingerprint density at radius 2 is 1.82 bits per heavy atom. The zero-order valence-electron chi connectivity index (χ0n) is 10.0. The SMILES string of the molecule is CN(CCCC(C)(N)C(=O)O)CCC(F)(F)F. The molecule has 0 saturated heterocycles. The van der Waals surface area contributed by atoms with E-state index >= 15 is 0 Å². The minimum absolute atomic E-state index is 0.0855. The molecule has 0 aliphatic heterocycles. The van der Waals surface area contributed by atoms with E-state index in [9.17, 15) is 18.0 Å². The first-order valence-corrected chi connectivity index (χ1v) is 5.32. The van der Waals surface area contributed by atoms with Crippen LogP contribution in [-0.2, 0) is 4.79 Å². The van der Waals surface area contributed by atoms with Gasteiger partial charge in [0, 0.05) is 6.54 Å². The summed E-state index contributed by atoms with van der Waals surface area (Å²) in [6, 6.07) is 0. The van der Waals surface area contributed by atoms with Crippen molar-refractivity contribution in [3.8, 4) is 0 Å². The number of carboxylic acids is 1. The zero-order valence-corrected chi connectivity index (χ0v) is 10.0. The van der Waals surface area contributed by atoms with Gasteiger partial charge >= 0.3 is 12.1 Å². The van der Waals surface area contributed by atoms with E-state index in [1.165, 1.54) is 11.8 Å². The van der Waals surface area contributed by atoms with Crippen molar-refractivity contribution in [1.29, 1.82) is 0 Å². The van der Waals surface area contributed by atoms with Crippen LogP contribution >= 0.6 is 0 Å². The van der Waals surface area contributed by atoms with Gasteiger partial charge in [-0.25, -0.2) is 0 Å². The number of carboxylic acid groups (broad SMARTS) is 1. The number of halogens is 3. The maximum Gasteiger partial charge on any atom is 0.390 e. The van der Waals surface area contributed by atoms with Crippen molar-refractivity contribution in [2.24, 2.45) is 5.73 Å². The third-order valence-corrected chi connectivity index (χ3v) is 2.50. The van der Waals surface area contributed by atoms with Gasteiger partial charge in [0.2, 0.25) is 0 Å². The van der Waals surface area contributed by atoms with E-state index in [0.29, 0.717) is 13.0 Å². The number of nitrogens with zero attached hydrogens (tertiary/aromatic N) is 1. The molecule has 0 aromatic heterocycles. The highest BCUT2D eigenvalue weighted by Gasteiger charge is 2.28. The topological polar surface area (TPSA) is 66.6 Å².